The lowest BCUT2D eigenvalue weighted by Gasteiger charge is -2.58. The van der Waals surface area contributed by atoms with E-state index in [1.54, 1.807) is 0 Å². The first-order valence-electron chi connectivity index (χ1n) is 7.83. The average molecular weight is 253 g/mol. The highest BCUT2D eigenvalue weighted by Gasteiger charge is 2.48. The van der Waals surface area contributed by atoms with Crippen molar-refractivity contribution in [1.29, 1.82) is 0 Å². The predicted octanol–water partition coefficient (Wildman–Crippen LogP) is 1.78. The maximum Gasteiger partial charge on any atom is 0.0487 e. The molecule has 2 unspecified atom stereocenters. The molecule has 3 rings (SSSR count). The van der Waals surface area contributed by atoms with Crippen LogP contribution in [0.4, 0.5) is 0 Å². The van der Waals surface area contributed by atoms with E-state index in [-0.39, 0.29) is 5.54 Å². The maximum absolute atomic E-state index is 6.25. The Morgan fingerprint density at radius 2 is 2.00 bits per heavy atom. The third-order valence-electron chi connectivity index (χ3n) is 5.44. The molecule has 3 fully saturated rings. The zero-order chi connectivity index (χ0) is 13.2. The van der Waals surface area contributed by atoms with E-state index in [2.05, 4.69) is 30.6 Å². The van der Waals surface area contributed by atoms with Gasteiger partial charge in [-0.05, 0) is 44.3 Å². The Labute approximate surface area is 113 Å². The Hall–Kier alpha value is -0.120. The molecule has 2 bridgehead atoms. The molecule has 0 radical (unpaired) electrons. The third-order valence-corrected chi connectivity index (χ3v) is 5.44. The molecule has 3 nitrogen and oxygen atoms in total. The molecule has 0 spiro atoms. The lowest BCUT2D eigenvalue weighted by atomic mass is 9.71. The summed E-state index contributed by atoms with van der Waals surface area (Å²) in [5, 5.41) is 0. The van der Waals surface area contributed by atoms with Gasteiger partial charge in [0.25, 0.3) is 0 Å². The molecule has 0 aliphatic carbocycles. The number of likely N-dealkylation sites (N-methyl/N-ethyl adjacent to an activating group) is 1. The van der Waals surface area contributed by atoms with Gasteiger partial charge in [0.15, 0.2) is 0 Å². The maximum atomic E-state index is 6.25. The molecule has 3 aliphatic heterocycles. The van der Waals surface area contributed by atoms with Crippen LogP contribution in [0.1, 0.15) is 40.0 Å². The standard InChI is InChI=1S/C15H31N3/c1-4-13(3)10-18(5-2)15(11-16)12-17-8-6-14(15)7-9-17/h13-14H,4-12,16H2,1-3H3. The molecule has 3 aliphatic rings. The van der Waals surface area contributed by atoms with Gasteiger partial charge in [-0.25, -0.2) is 0 Å². The normalized spacial score (nSPS) is 37.2. The topological polar surface area (TPSA) is 32.5 Å². The van der Waals surface area contributed by atoms with Crippen molar-refractivity contribution in [3.8, 4) is 0 Å². The highest BCUT2D eigenvalue weighted by molar-refractivity contribution is 5.06. The summed E-state index contributed by atoms with van der Waals surface area (Å²) in [6.07, 6.45) is 3.98. The summed E-state index contributed by atoms with van der Waals surface area (Å²) in [5.74, 6) is 1.61. The van der Waals surface area contributed by atoms with E-state index in [1.807, 2.05) is 0 Å². The van der Waals surface area contributed by atoms with E-state index < -0.39 is 0 Å². The van der Waals surface area contributed by atoms with Crippen molar-refractivity contribution in [3.63, 3.8) is 0 Å². The van der Waals surface area contributed by atoms with Crippen LogP contribution in [0.2, 0.25) is 0 Å². The van der Waals surface area contributed by atoms with Crippen molar-refractivity contribution in [2.24, 2.45) is 17.6 Å². The van der Waals surface area contributed by atoms with Gasteiger partial charge >= 0.3 is 0 Å². The first-order chi connectivity index (χ1) is 8.66. The zero-order valence-electron chi connectivity index (χ0n) is 12.5. The van der Waals surface area contributed by atoms with Crippen LogP contribution in [0, 0.1) is 11.8 Å². The second kappa shape index (κ2) is 5.89. The second-order valence-electron chi connectivity index (χ2n) is 6.41. The van der Waals surface area contributed by atoms with Crippen LogP contribution in [0.25, 0.3) is 0 Å². The average Bonchev–Trinajstić information content (AvgIpc) is 2.45. The summed E-state index contributed by atoms with van der Waals surface area (Å²) in [6, 6.07) is 0. The number of fused-ring (bicyclic) bond motifs is 3. The molecule has 0 aromatic heterocycles. The zero-order valence-corrected chi connectivity index (χ0v) is 12.5. The predicted molar refractivity (Wildman–Crippen MR) is 77.7 cm³/mol. The van der Waals surface area contributed by atoms with E-state index in [4.69, 9.17) is 5.73 Å². The largest absolute Gasteiger partial charge is 0.329 e. The van der Waals surface area contributed by atoms with Crippen molar-refractivity contribution in [1.82, 2.24) is 9.80 Å². The third kappa shape index (κ3) is 2.45. The Balaban J connectivity index is 2.14. The SMILES string of the molecule is CCC(C)CN(CC)C1(CN)CN2CCC1CC2. The summed E-state index contributed by atoms with van der Waals surface area (Å²) < 4.78 is 0. The molecule has 0 aromatic rings. The second-order valence-corrected chi connectivity index (χ2v) is 6.41. The molecule has 3 saturated heterocycles. The molecule has 0 amide bonds. The van der Waals surface area contributed by atoms with Gasteiger partial charge in [-0.15, -0.1) is 0 Å². The number of hydrogen-bond acceptors (Lipinski definition) is 3. The first kappa shape index (κ1) is 14.3. The summed E-state index contributed by atoms with van der Waals surface area (Å²) in [5.41, 5.74) is 6.52. The van der Waals surface area contributed by atoms with Crippen LogP contribution in [0.3, 0.4) is 0 Å². The highest BCUT2D eigenvalue weighted by Crippen LogP contribution is 2.39. The molecule has 0 aromatic carbocycles. The van der Waals surface area contributed by atoms with E-state index in [0.29, 0.717) is 0 Å². The van der Waals surface area contributed by atoms with Crippen molar-refractivity contribution < 1.29 is 0 Å². The van der Waals surface area contributed by atoms with Crippen LogP contribution in [-0.2, 0) is 0 Å². The van der Waals surface area contributed by atoms with Crippen LogP contribution in [0.15, 0.2) is 0 Å². The monoisotopic (exact) mass is 253 g/mol. The minimum absolute atomic E-state index is 0.272. The van der Waals surface area contributed by atoms with Crippen LogP contribution < -0.4 is 5.73 Å². The van der Waals surface area contributed by atoms with E-state index in [9.17, 15) is 0 Å². The lowest BCUT2D eigenvalue weighted by Crippen LogP contribution is -2.70. The number of piperidine rings is 3. The molecular formula is C15H31N3. The Morgan fingerprint density at radius 3 is 2.39 bits per heavy atom. The Bertz CT molecular complexity index is 260. The van der Waals surface area contributed by atoms with Crippen LogP contribution in [-0.4, -0.2) is 54.6 Å². The van der Waals surface area contributed by atoms with Crippen molar-refractivity contribution in [3.05, 3.63) is 0 Å². The molecular weight excluding hydrogens is 222 g/mol. The fourth-order valence-electron chi connectivity index (χ4n) is 3.99. The highest BCUT2D eigenvalue weighted by atomic mass is 15.3. The first-order valence-corrected chi connectivity index (χ1v) is 7.83. The Morgan fingerprint density at radius 1 is 1.33 bits per heavy atom. The minimum atomic E-state index is 0.272. The van der Waals surface area contributed by atoms with E-state index in [0.717, 1.165) is 24.9 Å². The van der Waals surface area contributed by atoms with Gasteiger partial charge in [-0.3, -0.25) is 4.90 Å². The number of rotatable bonds is 6. The van der Waals surface area contributed by atoms with Crippen LogP contribution in [0.5, 0.6) is 0 Å². The summed E-state index contributed by atoms with van der Waals surface area (Å²) in [6.45, 7) is 14.0. The summed E-state index contributed by atoms with van der Waals surface area (Å²) in [7, 11) is 0. The smallest absolute Gasteiger partial charge is 0.0487 e. The number of hydrogen-bond donors (Lipinski definition) is 1. The molecule has 2 N–H and O–H groups in total. The van der Waals surface area contributed by atoms with Crippen LogP contribution >= 0.6 is 0 Å². The minimum Gasteiger partial charge on any atom is -0.329 e. The van der Waals surface area contributed by atoms with Crippen molar-refractivity contribution in [2.75, 3.05) is 39.3 Å². The number of nitrogens with zero attached hydrogens (tertiary/aromatic N) is 2. The quantitative estimate of drug-likeness (QED) is 0.783. The van der Waals surface area contributed by atoms with Gasteiger partial charge < -0.3 is 10.6 Å². The van der Waals surface area contributed by atoms with E-state index >= 15 is 0 Å². The van der Waals surface area contributed by atoms with Gasteiger partial charge in [0.2, 0.25) is 0 Å². The molecule has 0 saturated carbocycles. The molecule has 106 valence electrons. The van der Waals surface area contributed by atoms with Gasteiger partial charge in [0, 0.05) is 25.2 Å². The molecule has 18 heavy (non-hydrogen) atoms. The fourth-order valence-corrected chi connectivity index (χ4v) is 3.99. The van der Waals surface area contributed by atoms with Gasteiger partial charge in [0.1, 0.15) is 0 Å². The molecule has 3 heterocycles. The van der Waals surface area contributed by atoms with E-state index in [1.165, 1.54) is 45.4 Å². The molecule has 2 atom stereocenters. The fraction of sp³-hybridized carbons (Fsp3) is 1.00. The Kier molecular flexibility index (Phi) is 4.68. The lowest BCUT2D eigenvalue weighted by molar-refractivity contribution is -0.0700. The van der Waals surface area contributed by atoms with Gasteiger partial charge in [0.05, 0.1) is 0 Å². The summed E-state index contributed by atoms with van der Waals surface area (Å²) in [4.78, 5) is 5.34. The summed E-state index contributed by atoms with van der Waals surface area (Å²) >= 11 is 0. The van der Waals surface area contributed by atoms with Gasteiger partial charge in [-0.1, -0.05) is 27.2 Å². The van der Waals surface area contributed by atoms with Gasteiger partial charge in [-0.2, -0.15) is 0 Å². The van der Waals surface area contributed by atoms with Crippen molar-refractivity contribution in [2.45, 2.75) is 45.6 Å². The molecule has 3 heteroatoms. The van der Waals surface area contributed by atoms with Crippen molar-refractivity contribution >= 4 is 0 Å². The number of nitrogens with two attached hydrogens (primary N) is 1.